The van der Waals surface area contributed by atoms with Crippen molar-refractivity contribution in [3.8, 4) is 0 Å². The summed E-state index contributed by atoms with van der Waals surface area (Å²) >= 11 is 1.61. The highest BCUT2D eigenvalue weighted by Crippen LogP contribution is 2.22. The lowest BCUT2D eigenvalue weighted by Gasteiger charge is -2.19. The number of sulfone groups is 1. The summed E-state index contributed by atoms with van der Waals surface area (Å²) in [6.07, 6.45) is 1.54. The van der Waals surface area contributed by atoms with Crippen LogP contribution in [0, 0.1) is 0 Å². The smallest absolute Gasteiger partial charge is 0.257 e. The number of nitrogens with zero attached hydrogens (tertiary/aromatic N) is 1. The van der Waals surface area contributed by atoms with Gasteiger partial charge in [-0.15, -0.1) is 11.8 Å². The standard InChI is InChI=1S/C19H24N2O3S2/c1-5-25-17-10-9-15(12-20-17)18(22)21-16-8-6-7-14(11-16)13-26(23,24)19(2,3)4/h6-12H,5,13H2,1-4H3,(H,21,22). The molecule has 0 bridgehead atoms. The molecule has 0 unspecified atom stereocenters. The third-order valence-corrected chi connectivity index (χ3v) is 7.17. The Balaban J connectivity index is 2.12. The van der Waals surface area contributed by atoms with Crippen LogP contribution in [-0.2, 0) is 15.6 Å². The van der Waals surface area contributed by atoms with E-state index in [2.05, 4.69) is 10.3 Å². The zero-order valence-corrected chi connectivity index (χ0v) is 17.1. The number of hydrogen-bond donors (Lipinski definition) is 1. The summed E-state index contributed by atoms with van der Waals surface area (Å²) in [5.74, 6) is 0.578. The van der Waals surface area contributed by atoms with Crippen LogP contribution in [0.4, 0.5) is 5.69 Å². The molecular formula is C19H24N2O3S2. The van der Waals surface area contributed by atoms with Gasteiger partial charge in [-0.05, 0) is 56.4 Å². The maximum atomic E-state index is 12.4. The van der Waals surface area contributed by atoms with Crippen LogP contribution in [0.25, 0.3) is 0 Å². The lowest BCUT2D eigenvalue weighted by atomic mass is 10.2. The van der Waals surface area contributed by atoms with Crippen LogP contribution in [0.5, 0.6) is 0 Å². The first-order valence-corrected chi connectivity index (χ1v) is 11.0. The maximum absolute atomic E-state index is 12.4. The maximum Gasteiger partial charge on any atom is 0.257 e. The van der Waals surface area contributed by atoms with Gasteiger partial charge in [-0.3, -0.25) is 4.79 Å². The van der Waals surface area contributed by atoms with E-state index < -0.39 is 14.6 Å². The van der Waals surface area contributed by atoms with Crippen molar-refractivity contribution in [2.24, 2.45) is 0 Å². The first-order valence-electron chi connectivity index (χ1n) is 8.34. The van der Waals surface area contributed by atoms with Crippen molar-refractivity contribution in [3.63, 3.8) is 0 Å². The summed E-state index contributed by atoms with van der Waals surface area (Å²) in [5, 5.41) is 3.67. The normalized spacial score (nSPS) is 12.0. The average Bonchev–Trinajstić information content (AvgIpc) is 2.54. The number of amides is 1. The molecule has 2 aromatic rings. The van der Waals surface area contributed by atoms with Crippen LogP contribution in [0.1, 0.15) is 43.6 Å². The zero-order valence-electron chi connectivity index (χ0n) is 15.4. The zero-order chi connectivity index (χ0) is 19.4. The Morgan fingerprint density at radius 3 is 2.50 bits per heavy atom. The van der Waals surface area contributed by atoms with Crippen molar-refractivity contribution in [2.45, 2.75) is 43.2 Å². The Labute approximate surface area is 159 Å². The number of hydrogen-bond acceptors (Lipinski definition) is 5. The van der Waals surface area contributed by atoms with Gasteiger partial charge in [0.1, 0.15) is 0 Å². The highest BCUT2D eigenvalue weighted by molar-refractivity contribution is 7.99. The number of aromatic nitrogens is 1. The van der Waals surface area contributed by atoms with Crippen LogP contribution < -0.4 is 5.32 Å². The van der Waals surface area contributed by atoms with Gasteiger partial charge in [0.25, 0.3) is 5.91 Å². The largest absolute Gasteiger partial charge is 0.322 e. The number of carbonyl (C=O) groups is 1. The van der Waals surface area contributed by atoms with Crippen molar-refractivity contribution in [2.75, 3.05) is 11.1 Å². The summed E-state index contributed by atoms with van der Waals surface area (Å²) in [6.45, 7) is 7.09. The SMILES string of the molecule is CCSc1ccc(C(=O)Nc2cccc(CS(=O)(=O)C(C)(C)C)c2)cn1. The molecule has 0 saturated carbocycles. The van der Waals surface area contributed by atoms with Gasteiger partial charge in [0.15, 0.2) is 9.84 Å². The van der Waals surface area contributed by atoms with E-state index in [1.165, 1.54) is 0 Å². The second kappa shape index (κ2) is 8.22. The van der Waals surface area contributed by atoms with Crippen molar-refractivity contribution in [1.82, 2.24) is 4.98 Å². The Morgan fingerprint density at radius 2 is 1.92 bits per heavy atom. The van der Waals surface area contributed by atoms with Gasteiger partial charge in [0.05, 0.1) is 21.1 Å². The van der Waals surface area contributed by atoms with Crippen molar-refractivity contribution < 1.29 is 13.2 Å². The number of carbonyl (C=O) groups excluding carboxylic acids is 1. The number of nitrogens with one attached hydrogen (secondary N) is 1. The number of anilines is 1. The summed E-state index contributed by atoms with van der Waals surface area (Å²) in [7, 11) is -3.28. The predicted molar refractivity (Wildman–Crippen MR) is 107 cm³/mol. The van der Waals surface area contributed by atoms with Gasteiger partial charge in [0.2, 0.25) is 0 Å². The molecule has 0 spiro atoms. The third kappa shape index (κ3) is 5.32. The first-order chi connectivity index (χ1) is 12.1. The molecule has 0 aliphatic heterocycles. The highest BCUT2D eigenvalue weighted by atomic mass is 32.2. The van der Waals surface area contributed by atoms with Crippen LogP contribution in [0.3, 0.4) is 0 Å². The fraction of sp³-hybridized carbons (Fsp3) is 0.368. The fourth-order valence-corrected chi connectivity index (χ4v) is 3.76. The monoisotopic (exact) mass is 392 g/mol. The van der Waals surface area contributed by atoms with E-state index in [1.54, 1.807) is 69.1 Å². The summed E-state index contributed by atoms with van der Waals surface area (Å²) in [5.41, 5.74) is 1.66. The molecule has 0 atom stereocenters. The second-order valence-corrected chi connectivity index (χ2v) is 10.9. The van der Waals surface area contributed by atoms with E-state index in [1.807, 2.05) is 13.0 Å². The minimum atomic E-state index is -3.28. The molecule has 0 aliphatic rings. The molecule has 1 aromatic carbocycles. The molecular weight excluding hydrogens is 368 g/mol. The third-order valence-electron chi connectivity index (χ3n) is 3.77. The topological polar surface area (TPSA) is 76.1 Å². The number of benzene rings is 1. The Bertz CT molecular complexity index is 870. The van der Waals surface area contributed by atoms with Crippen molar-refractivity contribution in [1.29, 1.82) is 0 Å². The Kier molecular flexibility index (Phi) is 6.47. The second-order valence-electron chi connectivity index (χ2n) is 6.84. The summed E-state index contributed by atoms with van der Waals surface area (Å²) in [4.78, 5) is 16.6. The van der Waals surface area contributed by atoms with E-state index in [-0.39, 0.29) is 11.7 Å². The molecule has 140 valence electrons. The molecule has 1 N–H and O–H groups in total. The molecule has 1 amide bonds. The van der Waals surface area contributed by atoms with E-state index in [4.69, 9.17) is 0 Å². The lowest BCUT2D eigenvalue weighted by Crippen LogP contribution is -2.29. The first kappa shape index (κ1) is 20.5. The average molecular weight is 393 g/mol. The van der Waals surface area contributed by atoms with Gasteiger partial charge >= 0.3 is 0 Å². The molecule has 2 rings (SSSR count). The van der Waals surface area contributed by atoms with Crippen molar-refractivity contribution in [3.05, 3.63) is 53.7 Å². The van der Waals surface area contributed by atoms with Crippen molar-refractivity contribution >= 4 is 33.2 Å². The predicted octanol–water partition coefficient (Wildman–Crippen LogP) is 4.16. The van der Waals surface area contributed by atoms with E-state index in [9.17, 15) is 13.2 Å². The highest BCUT2D eigenvalue weighted by Gasteiger charge is 2.29. The molecule has 0 saturated heterocycles. The molecule has 0 fully saturated rings. The van der Waals surface area contributed by atoms with Gasteiger partial charge in [-0.25, -0.2) is 13.4 Å². The minimum absolute atomic E-state index is 0.0648. The molecule has 7 heteroatoms. The van der Waals surface area contributed by atoms with Gasteiger partial charge in [-0.1, -0.05) is 19.1 Å². The molecule has 1 heterocycles. The van der Waals surface area contributed by atoms with E-state index >= 15 is 0 Å². The number of pyridine rings is 1. The number of thioether (sulfide) groups is 1. The quantitative estimate of drug-likeness (QED) is 0.747. The minimum Gasteiger partial charge on any atom is -0.322 e. The summed E-state index contributed by atoms with van der Waals surface area (Å²) < 4.78 is 23.9. The fourth-order valence-electron chi connectivity index (χ4n) is 2.13. The Hall–Kier alpha value is -1.86. The van der Waals surface area contributed by atoms with Crippen LogP contribution in [-0.4, -0.2) is 29.8 Å². The Morgan fingerprint density at radius 1 is 1.19 bits per heavy atom. The van der Waals surface area contributed by atoms with Gasteiger partial charge in [0, 0.05) is 11.9 Å². The molecule has 26 heavy (non-hydrogen) atoms. The number of rotatable bonds is 6. The lowest BCUT2D eigenvalue weighted by molar-refractivity contribution is 0.102. The van der Waals surface area contributed by atoms with E-state index in [0.717, 1.165) is 10.8 Å². The van der Waals surface area contributed by atoms with Crippen LogP contribution in [0.2, 0.25) is 0 Å². The van der Waals surface area contributed by atoms with Crippen LogP contribution >= 0.6 is 11.8 Å². The molecule has 0 radical (unpaired) electrons. The van der Waals surface area contributed by atoms with E-state index in [0.29, 0.717) is 16.8 Å². The molecule has 5 nitrogen and oxygen atoms in total. The van der Waals surface area contributed by atoms with Crippen LogP contribution in [0.15, 0.2) is 47.6 Å². The van der Waals surface area contributed by atoms with Gasteiger partial charge < -0.3 is 5.32 Å². The molecule has 0 aliphatic carbocycles. The van der Waals surface area contributed by atoms with Gasteiger partial charge in [-0.2, -0.15) is 0 Å². The molecule has 1 aromatic heterocycles. The summed E-state index contributed by atoms with van der Waals surface area (Å²) in [6, 6.07) is 10.5.